The van der Waals surface area contributed by atoms with Gasteiger partial charge in [-0.05, 0) is 31.4 Å². The first kappa shape index (κ1) is 17.6. The Morgan fingerprint density at radius 3 is 3.00 bits per heavy atom. The summed E-state index contributed by atoms with van der Waals surface area (Å²) in [6, 6.07) is 0. The predicted molar refractivity (Wildman–Crippen MR) is 96.9 cm³/mol. The van der Waals surface area contributed by atoms with Crippen LogP contribution in [0.3, 0.4) is 0 Å². The lowest BCUT2D eigenvalue weighted by atomic mass is 9.87. The molecule has 140 valence electrons. The van der Waals surface area contributed by atoms with E-state index in [0.29, 0.717) is 32.0 Å². The zero-order chi connectivity index (χ0) is 18.1. The van der Waals surface area contributed by atoms with Gasteiger partial charge in [-0.25, -0.2) is 4.98 Å². The fourth-order valence-electron chi connectivity index (χ4n) is 3.90. The first-order chi connectivity index (χ1) is 12.6. The number of rotatable bonds is 3. The van der Waals surface area contributed by atoms with Crippen molar-refractivity contribution in [3.05, 3.63) is 28.8 Å². The van der Waals surface area contributed by atoms with E-state index in [1.54, 1.807) is 0 Å². The highest BCUT2D eigenvalue weighted by atomic mass is 32.1. The van der Waals surface area contributed by atoms with E-state index in [4.69, 9.17) is 4.74 Å². The number of imidazole rings is 1. The summed E-state index contributed by atoms with van der Waals surface area (Å²) in [5.41, 5.74) is 0.462. The van der Waals surface area contributed by atoms with Gasteiger partial charge in [0.2, 0.25) is 0 Å². The quantitative estimate of drug-likeness (QED) is 0.794. The Labute approximate surface area is 156 Å². The number of carbonyl (C=O) groups excluding carboxylic acids is 1. The molecule has 2 aliphatic rings. The third-order valence-electron chi connectivity index (χ3n) is 5.39. The van der Waals surface area contributed by atoms with Gasteiger partial charge in [-0.2, -0.15) is 0 Å². The number of amides is 1. The fraction of sp³-hybridized carbons (Fsp3) is 0.647. The van der Waals surface area contributed by atoms with Crippen LogP contribution in [-0.2, 0) is 18.3 Å². The van der Waals surface area contributed by atoms with Crippen molar-refractivity contribution in [2.45, 2.75) is 19.9 Å². The number of carbonyl (C=O) groups is 1. The lowest BCUT2D eigenvalue weighted by Crippen LogP contribution is -2.43. The summed E-state index contributed by atoms with van der Waals surface area (Å²) in [6.45, 7) is 7.22. The highest BCUT2D eigenvalue weighted by Gasteiger charge is 2.42. The Morgan fingerprint density at radius 1 is 1.38 bits per heavy atom. The van der Waals surface area contributed by atoms with Gasteiger partial charge in [0.05, 0.1) is 24.6 Å². The maximum Gasteiger partial charge on any atom is 0.275 e. The van der Waals surface area contributed by atoms with E-state index in [2.05, 4.69) is 24.0 Å². The minimum atomic E-state index is -0.0244. The predicted octanol–water partition coefficient (Wildman–Crippen LogP) is 0.945. The molecule has 0 radical (unpaired) electrons. The third-order valence-corrected chi connectivity index (χ3v) is 6.02. The van der Waals surface area contributed by atoms with E-state index in [1.165, 1.54) is 11.5 Å². The molecule has 9 heteroatoms. The summed E-state index contributed by atoms with van der Waals surface area (Å²) in [7, 11) is 2.02. The summed E-state index contributed by atoms with van der Waals surface area (Å²) < 4.78 is 11.9. The van der Waals surface area contributed by atoms with Gasteiger partial charge in [0.25, 0.3) is 5.91 Å². The Balaban J connectivity index is 1.47. The van der Waals surface area contributed by atoms with Crippen LogP contribution in [0.1, 0.15) is 27.6 Å². The molecule has 1 atom stereocenters. The van der Waals surface area contributed by atoms with Crippen molar-refractivity contribution in [3.63, 3.8) is 0 Å². The molecule has 2 fully saturated rings. The Morgan fingerprint density at radius 2 is 2.27 bits per heavy atom. The highest BCUT2D eigenvalue weighted by Crippen LogP contribution is 2.34. The van der Waals surface area contributed by atoms with Gasteiger partial charge in [0.15, 0.2) is 5.69 Å². The molecule has 4 rings (SSSR count). The van der Waals surface area contributed by atoms with Crippen LogP contribution in [0.4, 0.5) is 0 Å². The smallest absolute Gasteiger partial charge is 0.275 e. The lowest BCUT2D eigenvalue weighted by Gasteiger charge is -2.31. The van der Waals surface area contributed by atoms with Crippen LogP contribution in [0, 0.1) is 12.3 Å². The van der Waals surface area contributed by atoms with Crippen molar-refractivity contribution in [1.29, 1.82) is 0 Å². The number of aryl methyl sites for hydroxylation is 2. The Hall–Kier alpha value is -1.84. The number of nitrogens with zero attached hydrogens (tertiary/aromatic N) is 6. The number of hydrogen-bond acceptors (Lipinski definition) is 7. The van der Waals surface area contributed by atoms with Crippen LogP contribution in [0.5, 0.6) is 0 Å². The van der Waals surface area contributed by atoms with Crippen molar-refractivity contribution in [2.24, 2.45) is 12.5 Å². The molecule has 2 aliphatic heterocycles. The van der Waals surface area contributed by atoms with Gasteiger partial charge in [-0.3, -0.25) is 9.69 Å². The number of ether oxygens (including phenoxy) is 1. The van der Waals surface area contributed by atoms with Crippen molar-refractivity contribution in [1.82, 2.24) is 28.9 Å². The average molecular weight is 376 g/mol. The summed E-state index contributed by atoms with van der Waals surface area (Å²) in [5, 5.41) is 4.03. The Bertz CT molecular complexity index is 790. The lowest BCUT2D eigenvalue weighted by molar-refractivity contribution is 0.0639. The summed E-state index contributed by atoms with van der Waals surface area (Å²) >= 11 is 1.27. The third kappa shape index (κ3) is 3.38. The molecule has 1 spiro atoms. The monoisotopic (exact) mass is 376 g/mol. The van der Waals surface area contributed by atoms with E-state index in [1.807, 2.05) is 31.3 Å². The van der Waals surface area contributed by atoms with Gasteiger partial charge in [0.1, 0.15) is 5.82 Å². The second-order valence-electron chi connectivity index (χ2n) is 7.37. The molecule has 0 aromatic carbocycles. The zero-order valence-electron chi connectivity index (χ0n) is 15.2. The van der Waals surface area contributed by atoms with Gasteiger partial charge < -0.3 is 14.2 Å². The van der Waals surface area contributed by atoms with E-state index < -0.39 is 0 Å². The molecule has 2 saturated heterocycles. The van der Waals surface area contributed by atoms with Crippen molar-refractivity contribution >= 4 is 17.4 Å². The minimum Gasteiger partial charge on any atom is -0.379 e. The zero-order valence-corrected chi connectivity index (χ0v) is 16.0. The number of hydrogen-bond donors (Lipinski definition) is 0. The highest BCUT2D eigenvalue weighted by molar-refractivity contribution is 7.05. The average Bonchev–Trinajstić information content (AvgIpc) is 3.28. The van der Waals surface area contributed by atoms with Crippen molar-refractivity contribution in [3.8, 4) is 0 Å². The molecular formula is C17H24N6O2S. The SMILES string of the molecule is Cc1snnc1C(=O)N1CCOCC2(CCN(Cc3nccn3C)C2)C1. The van der Waals surface area contributed by atoms with Crippen molar-refractivity contribution in [2.75, 3.05) is 39.4 Å². The molecule has 0 N–H and O–H groups in total. The molecule has 0 aliphatic carbocycles. The molecular weight excluding hydrogens is 352 g/mol. The standard InChI is InChI=1S/C17H24N6O2S/c1-13-15(19-20-26-13)16(24)23-7-8-25-12-17(11-23)3-5-22(10-17)9-14-18-4-6-21(14)2/h4,6H,3,5,7-12H2,1-2H3. The van der Waals surface area contributed by atoms with E-state index in [9.17, 15) is 4.79 Å². The molecule has 26 heavy (non-hydrogen) atoms. The van der Waals surface area contributed by atoms with Crippen LogP contribution >= 0.6 is 11.5 Å². The molecule has 1 amide bonds. The van der Waals surface area contributed by atoms with Gasteiger partial charge >= 0.3 is 0 Å². The molecule has 1 unspecified atom stereocenters. The first-order valence-electron chi connectivity index (χ1n) is 8.91. The van der Waals surface area contributed by atoms with Crippen LogP contribution in [0.25, 0.3) is 0 Å². The van der Waals surface area contributed by atoms with Gasteiger partial charge in [0, 0.05) is 44.5 Å². The number of likely N-dealkylation sites (tertiary alicyclic amines) is 1. The summed E-state index contributed by atoms with van der Waals surface area (Å²) in [6.07, 6.45) is 4.83. The maximum atomic E-state index is 12.9. The first-order valence-corrected chi connectivity index (χ1v) is 9.68. The second-order valence-corrected chi connectivity index (χ2v) is 8.33. The molecule has 4 heterocycles. The second kappa shape index (κ2) is 7.05. The van der Waals surface area contributed by atoms with Gasteiger partial charge in [-0.15, -0.1) is 5.10 Å². The largest absolute Gasteiger partial charge is 0.379 e. The Kier molecular flexibility index (Phi) is 4.76. The van der Waals surface area contributed by atoms with E-state index in [-0.39, 0.29) is 11.3 Å². The van der Waals surface area contributed by atoms with Crippen LogP contribution < -0.4 is 0 Å². The summed E-state index contributed by atoms with van der Waals surface area (Å²) in [4.78, 5) is 22.5. The van der Waals surface area contributed by atoms with E-state index in [0.717, 1.165) is 36.8 Å². The normalized spacial score (nSPS) is 24.3. The van der Waals surface area contributed by atoms with Crippen molar-refractivity contribution < 1.29 is 9.53 Å². The van der Waals surface area contributed by atoms with E-state index >= 15 is 0 Å². The summed E-state index contributed by atoms with van der Waals surface area (Å²) in [5.74, 6) is 1.04. The molecule has 2 aromatic heterocycles. The molecule has 2 aromatic rings. The molecule has 0 saturated carbocycles. The maximum absolute atomic E-state index is 12.9. The van der Waals surface area contributed by atoms with Crippen LogP contribution in [0.15, 0.2) is 12.4 Å². The van der Waals surface area contributed by atoms with Crippen LogP contribution in [0.2, 0.25) is 0 Å². The number of aromatic nitrogens is 4. The fourth-order valence-corrected chi connectivity index (χ4v) is 4.36. The molecule has 0 bridgehead atoms. The minimum absolute atomic E-state index is 0.0192. The molecule has 8 nitrogen and oxygen atoms in total. The van der Waals surface area contributed by atoms with Crippen LogP contribution in [-0.4, -0.2) is 74.2 Å². The van der Waals surface area contributed by atoms with Gasteiger partial charge in [-0.1, -0.05) is 4.49 Å². The topological polar surface area (TPSA) is 76.4 Å².